The molecule has 0 aromatic carbocycles. The molecular formula is C8H13F5O3. The maximum Gasteiger partial charge on any atom is 0.455 e. The van der Waals surface area contributed by atoms with Crippen LogP contribution in [0.5, 0.6) is 0 Å². The SMILES string of the molecule is CCOCC(O)COCC(F)(F)C(F)(F)F. The summed E-state index contributed by atoms with van der Waals surface area (Å²) in [5.41, 5.74) is 0. The van der Waals surface area contributed by atoms with E-state index >= 15 is 0 Å². The van der Waals surface area contributed by atoms with E-state index in [-0.39, 0.29) is 6.61 Å². The minimum Gasteiger partial charge on any atom is -0.388 e. The molecular weight excluding hydrogens is 239 g/mol. The second-order valence-electron chi connectivity index (χ2n) is 3.03. The van der Waals surface area contributed by atoms with Gasteiger partial charge in [0.2, 0.25) is 0 Å². The second-order valence-corrected chi connectivity index (χ2v) is 3.03. The standard InChI is InChI=1S/C8H13F5O3/c1-2-15-3-6(14)4-16-5-7(9,10)8(11,12)13/h6,14H,2-5H2,1H3. The van der Waals surface area contributed by atoms with Crippen molar-refractivity contribution in [2.45, 2.75) is 25.1 Å². The maximum atomic E-state index is 12.3. The third-order valence-corrected chi connectivity index (χ3v) is 1.52. The van der Waals surface area contributed by atoms with Gasteiger partial charge in [-0.15, -0.1) is 0 Å². The molecule has 1 atom stereocenters. The molecule has 3 nitrogen and oxygen atoms in total. The van der Waals surface area contributed by atoms with Crippen molar-refractivity contribution >= 4 is 0 Å². The van der Waals surface area contributed by atoms with E-state index in [9.17, 15) is 22.0 Å². The summed E-state index contributed by atoms with van der Waals surface area (Å²) >= 11 is 0. The Morgan fingerprint density at radius 2 is 1.56 bits per heavy atom. The first-order chi connectivity index (χ1) is 7.20. The van der Waals surface area contributed by atoms with Gasteiger partial charge in [-0.25, -0.2) is 0 Å². The van der Waals surface area contributed by atoms with Gasteiger partial charge in [-0.3, -0.25) is 0 Å². The predicted molar refractivity (Wildman–Crippen MR) is 44.3 cm³/mol. The molecule has 8 heteroatoms. The fraction of sp³-hybridized carbons (Fsp3) is 1.00. The number of halogens is 5. The van der Waals surface area contributed by atoms with Gasteiger partial charge in [0.15, 0.2) is 0 Å². The molecule has 0 aliphatic rings. The highest BCUT2D eigenvalue weighted by molar-refractivity contribution is 4.75. The van der Waals surface area contributed by atoms with Crippen molar-refractivity contribution in [3.8, 4) is 0 Å². The third kappa shape index (κ3) is 5.57. The van der Waals surface area contributed by atoms with Gasteiger partial charge in [-0.05, 0) is 6.92 Å². The maximum absolute atomic E-state index is 12.3. The van der Waals surface area contributed by atoms with Crippen LogP contribution in [0, 0.1) is 0 Å². The molecule has 0 heterocycles. The highest BCUT2D eigenvalue weighted by Crippen LogP contribution is 2.35. The van der Waals surface area contributed by atoms with Crippen LogP contribution in [0.2, 0.25) is 0 Å². The van der Waals surface area contributed by atoms with Gasteiger partial charge < -0.3 is 14.6 Å². The molecule has 0 bridgehead atoms. The van der Waals surface area contributed by atoms with Crippen LogP contribution in [0.15, 0.2) is 0 Å². The van der Waals surface area contributed by atoms with Crippen molar-refractivity contribution in [1.29, 1.82) is 0 Å². The normalized spacial score (nSPS) is 15.2. The fourth-order valence-corrected chi connectivity index (χ4v) is 0.707. The molecule has 0 aromatic heterocycles. The molecule has 98 valence electrons. The molecule has 1 unspecified atom stereocenters. The zero-order chi connectivity index (χ0) is 12.8. The Labute approximate surface area is 89.1 Å². The first kappa shape index (κ1) is 15.5. The van der Waals surface area contributed by atoms with E-state index in [1.807, 2.05) is 0 Å². The molecule has 0 rings (SSSR count). The first-order valence-electron chi connectivity index (χ1n) is 4.48. The quantitative estimate of drug-likeness (QED) is 0.699. The molecule has 0 fully saturated rings. The molecule has 0 amide bonds. The average Bonchev–Trinajstić information content (AvgIpc) is 2.12. The van der Waals surface area contributed by atoms with E-state index in [4.69, 9.17) is 9.84 Å². The topological polar surface area (TPSA) is 38.7 Å². The van der Waals surface area contributed by atoms with Crippen LogP contribution in [0.4, 0.5) is 22.0 Å². The molecule has 0 aliphatic heterocycles. The number of alkyl halides is 5. The largest absolute Gasteiger partial charge is 0.455 e. The summed E-state index contributed by atoms with van der Waals surface area (Å²) in [4.78, 5) is 0. The van der Waals surface area contributed by atoms with Crippen molar-refractivity contribution in [2.75, 3.05) is 26.4 Å². The monoisotopic (exact) mass is 252 g/mol. The van der Waals surface area contributed by atoms with Crippen molar-refractivity contribution in [3.05, 3.63) is 0 Å². The van der Waals surface area contributed by atoms with Gasteiger partial charge in [-0.2, -0.15) is 22.0 Å². The highest BCUT2D eigenvalue weighted by atomic mass is 19.4. The van der Waals surface area contributed by atoms with Crippen LogP contribution in [0.1, 0.15) is 6.92 Å². The molecule has 0 saturated heterocycles. The Hall–Kier alpha value is -0.470. The minimum atomic E-state index is -5.64. The molecule has 0 radical (unpaired) electrons. The van der Waals surface area contributed by atoms with Crippen molar-refractivity contribution < 1.29 is 36.5 Å². The lowest BCUT2D eigenvalue weighted by atomic mass is 10.3. The Morgan fingerprint density at radius 3 is 2.00 bits per heavy atom. The van der Waals surface area contributed by atoms with Gasteiger partial charge in [-0.1, -0.05) is 0 Å². The number of rotatable bonds is 7. The average molecular weight is 252 g/mol. The number of aliphatic hydroxyl groups excluding tert-OH is 1. The fourth-order valence-electron chi connectivity index (χ4n) is 0.707. The van der Waals surface area contributed by atoms with Crippen molar-refractivity contribution in [2.24, 2.45) is 0 Å². The summed E-state index contributed by atoms with van der Waals surface area (Å²) in [6.45, 7) is -0.666. The summed E-state index contributed by atoms with van der Waals surface area (Å²) in [5, 5.41) is 9.00. The van der Waals surface area contributed by atoms with E-state index in [2.05, 4.69) is 4.74 Å². The smallest absolute Gasteiger partial charge is 0.388 e. The Bertz CT molecular complexity index is 195. The Balaban J connectivity index is 3.81. The van der Waals surface area contributed by atoms with E-state index in [1.54, 1.807) is 6.92 Å². The Morgan fingerprint density at radius 1 is 1.06 bits per heavy atom. The minimum absolute atomic E-state index is 0.173. The molecule has 0 aromatic rings. The van der Waals surface area contributed by atoms with Crippen LogP contribution in [-0.4, -0.2) is 49.7 Å². The lowest BCUT2D eigenvalue weighted by Crippen LogP contribution is -2.41. The molecule has 1 N–H and O–H groups in total. The summed E-state index contributed by atoms with van der Waals surface area (Å²) in [6, 6.07) is 0. The van der Waals surface area contributed by atoms with Crippen molar-refractivity contribution in [1.82, 2.24) is 0 Å². The summed E-state index contributed by atoms with van der Waals surface area (Å²) in [7, 11) is 0. The van der Waals surface area contributed by atoms with Crippen LogP contribution in [0.25, 0.3) is 0 Å². The Kier molecular flexibility index (Phi) is 6.13. The molecule has 0 saturated carbocycles. The molecule has 0 spiro atoms. The lowest BCUT2D eigenvalue weighted by molar-refractivity contribution is -0.298. The molecule has 0 aliphatic carbocycles. The van der Waals surface area contributed by atoms with Crippen LogP contribution in [0.3, 0.4) is 0 Å². The van der Waals surface area contributed by atoms with Gasteiger partial charge >= 0.3 is 12.1 Å². The first-order valence-corrected chi connectivity index (χ1v) is 4.48. The van der Waals surface area contributed by atoms with E-state index in [1.165, 1.54) is 0 Å². The number of ether oxygens (including phenoxy) is 2. The van der Waals surface area contributed by atoms with Gasteiger partial charge in [0, 0.05) is 6.61 Å². The third-order valence-electron chi connectivity index (χ3n) is 1.52. The summed E-state index contributed by atoms with van der Waals surface area (Å²) in [6.07, 6.45) is -6.86. The number of hydrogen-bond donors (Lipinski definition) is 1. The lowest BCUT2D eigenvalue weighted by Gasteiger charge is -2.20. The van der Waals surface area contributed by atoms with Gasteiger partial charge in [0.25, 0.3) is 0 Å². The summed E-state index contributed by atoms with van der Waals surface area (Å²) in [5.74, 6) is -4.90. The van der Waals surface area contributed by atoms with Crippen LogP contribution < -0.4 is 0 Å². The zero-order valence-electron chi connectivity index (χ0n) is 8.56. The number of hydrogen-bond acceptors (Lipinski definition) is 3. The molecule has 16 heavy (non-hydrogen) atoms. The van der Waals surface area contributed by atoms with Crippen LogP contribution >= 0.6 is 0 Å². The van der Waals surface area contributed by atoms with E-state index < -0.39 is 31.4 Å². The van der Waals surface area contributed by atoms with E-state index in [0.29, 0.717) is 6.61 Å². The predicted octanol–water partition coefficient (Wildman–Crippen LogP) is 1.60. The van der Waals surface area contributed by atoms with Gasteiger partial charge in [0.05, 0.1) is 13.2 Å². The summed E-state index contributed by atoms with van der Waals surface area (Å²) < 4.78 is 68.3. The highest BCUT2D eigenvalue weighted by Gasteiger charge is 2.57. The van der Waals surface area contributed by atoms with E-state index in [0.717, 1.165) is 0 Å². The van der Waals surface area contributed by atoms with Gasteiger partial charge in [0.1, 0.15) is 12.7 Å². The van der Waals surface area contributed by atoms with Crippen LogP contribution in [-0.2, 0) is 9.47 Å². The number of aliphatic hydroxyl groups is 1. The second kappa shape index (κ2) is 6.31. The zero-order valence-corrected chi connectivity index (χ0v) is 8.56. The van der Waals surface area contributed by atoms with Crippen molar-refractivity contribution in [3.63, 3.8) is 0 Å².